The molecule has 1 amide bonds. The van der Waals surface area contributed by atoms with E-state index < -0.39 is 0 Å². The number of carbonyl (C=O) groups excluding carboxylic acids is 1. The number of hydrogen-bond acceptors (Lipinski definition) is 3. The van der Waals surface area contributed by atoms with Crippen LogP contribution in [-0.4, -0.2) is 61.5 Å². The molecular formula is C13H27N3O. The highest BCUT2D eigenvalue weighted by Gasteiger charge is 2.23. The molecule has 0 saturated carbocycles. The van der Waals surface area contributed by atoms with Crippen molar-refractivity contribution in [3.8, 4) is 0 Å². The van der Waals surface area contributed by atoms with E-state index in [9.17, 15) is 4.79 Å². The second kappa shape index (κ2) is 7.67. The lowest BCUT2D eigenvalue weighted by Crippen LogP contribution is -2.48. The molecule has 4 nitrogen and oxygen atoms in total. The Kier molecular flexibility index (Phi) is 6.52. The number of piperidine rings is 1. The van der Waals surface area contributed by atoms with Gasteiger partial charge in [-0.25, -0.2) is 0 Å². The summed E-state index contributed by atoms with van der Waals surface area (Å²) in [6, 6.07) is 0.0606. The average Bonchev–Trinajstić information content (AvgIpc) is 2.39. The molecule has 1 fully saturated rings. The lowest BCUT2D eigenvalue weighted by molar-refractivity contribution is -0.132. The van der Waals surface area contributed by atoms with Gasteiger partial charge >= 0.3 is 0 Å². The quantitative estimate of drug-likeness (QED) is 0.751. The van der Waals surface area contributed by atoms with Gasteiger partial charge in [-0.05, 0) is 32.5 Å². The van der Waals surface area contributed by atoms with Crippen LogP contribution < -0.4 is 5.32 Å². The van der Waals surface area contributed by atoms with E-state index >= 15 is 0 Å². The van der Waals surface area contributed by atoms with Crippen LogP contribution in [0.3, 0.4) is 0 Å². The topological polar surface area (TPSA) is 35.6 Å². The van der Waals surface area contributed by atoms with Crippen LogP contribution in [0.5, 0.6) is 0 Å². The van der Waals surface area contributed by atoms with Crippen molar-refractivity contribution in [2.45, 2.75) is 39.2 Å². The summed E-state index contributed by atoms with van der Waals surface area (Å²) in [5.74, 6) is 0.261. The van der Waals surface area contributed by atoms with Gasteiger partial charge in [-0.1, -0.05) is 20.3 Å². The molecule has 1 atom stereocenters. The molecule has 4 heteroatoms. The molecule has 1 N–H and O–H groups in total. The Balaban J connectivity index is 2.30. The average molecular weight is 241 g/mol. The van der Waals surface area contributed by atoms with Crippen molar-refractivity contribution in [1.82, 2.24) is 15.1 Å². The zero-order chi connectivity index (χ0) is 12.7. The van der Waals surface area contributed by atoms with E-state index in [2.05, 4.69) is 24.1 Å². The molecule has 0 spiro atoms. The van der Waals surface area contributed by atoms with Crippen LogP contribution in [-0.2, 0) is 4.79 Å². The summed E-state index contributed by atoms with van der Waals surface area (Å²) in [6.45, 7) is 9.23. The number of amides is 1. The molecular weight excluding hydrogens is 214 g/mol. The SMILES string of the molecule is CCN(CC)CCN(C)C(=O)[C@@H]1CCCCN1. The summed E-state index contributed by atoms with van der Waals surface area (Å²) in [6.07, 6.45) is 3.37. The van der Waals surface area contributed by atoms with Gasteiger partial charge < -0.3 is 15.1 Å². The smallest absolute Gasteiger partial charge is 0.239 e. The van der Waals surface area contributed by atoms with E-state index in [4.69, 9.17) is 0 Å². The molecule has 0 unspecified atom stereocenters. The molecule has 1 aliphatic rings. The molecule has 0 bridgehead atoms. The molecule has 0 radical (unpaired) electrons. The van der Waals surface area contributed by atoms with E-state index in [1.165, 1.54) is 12.8 Å². The molecule has 1 saturated heterocycles. The number of hydrogen-bond donors (Lipinski definition) is 1. The highest BCUT2D eigenvalue weighted by molar-refractivity contribution is 5.81. The third-order valence-electron chi connectivity index (χ3n) is 3.63. The van der Waals surface area contributed by atoms with Crippen LogP contribution in [0.25, 0.3) is 0 Å². The zero-order valence-corrected chi connectivity index (χ0v) is 11.5. The lowest BCUT2D eigenvalue weighted by atomic mass is 10.0. The van der Waals surface area contributed by atoms with Crippen molar-refractivity contribution >= 4 is 5.91 Å². The van der Waals surface area contributed by atoms with Gasteiger partial charge in [0, 0.05) is 20.1 Å². The normalized spacial score (nSPS) is 20.6. The van der Waals surface area contributed by atoms with E-state index in [0.717, 1.165) is 39.1 Å². The maximum atomic E-state index is 12.1. The highest BCUT2D eigenvalue weighted by atomic mass is 16.2. The fourth-order valence-electron chi connectivity index (χ4n) is 2.27. The van der Waals surface area contributed by atoms with Gasteiger partial charge in [-0.15, -0.1) is 0 Å². The van der Waals surface area contributed by atoms with Gasteiger partial charge in [-0.2, -0.15) is 0 Å². The maximum absolute atomic E-state index is 12.1. The van der Waals surface area contributed by atoms with Gasteiger partial charge in [-0.3, -0.25) is 4.79 Å². The Morgan fingerprint density at radius 1 is 1.24 bits per heavy atom. The molecule has 1 aliphatic heterocycles. The maximum Gasteiger partial charge on any atom is 0.239 e. The summed E-state index contributed by atoms with van der Waals surface area (Å²) in [7, 11) is 1.92. The van der Waals surface area contributed by atoms with E-state index in [-0.39, 0.29) is 11.9 Å². The third kappa shape index (κ3) is 4.64. The Morgan fingerprint density at radius 2 is 1.94 bits per heavy atom. The number of carbonyl (C=O) groups is 1. The second-order valence-electron chi connectivity index (χ2n) is 4.79. The Hall–Kier alpha value is -0.610. The van der Waals surface area contributed by atoms with Crippen molar-refractivity contribution in [2.75, 3.05) is 39.8 Å². The fraction of sp³-hybridized carbons (Fsp3) is 0.923. The molecule has 0 aromatic heterocycles. The zero-order valence-electron chi connectivity index (χ0n) is 11.5. The number of nitrogens with zero attached hydrogens (tertiary/aromatic N) is 2. The molecule has 0 aromatic carbocycles. The van der Waals surface area contributed by atoms with Crippen LogP contribution in [0.4, 0.5) is 0 Å². The summed E-state index contributed by atoms with van der Waals surface area (Å²) in [5.41, 5.74) is 0. The van der Waals surface area contributed by atoms with E-state index in [1.54, 1.807) is 0 Å². The lowest BCUT2D eigenvalue weighted by Gasteiger charge is -2.29. The minimum atomic E-state index is 0.0606. The summed E-state index contributed by atoms with van der Waals surface area (Å²) < 4.78 is 0. The highest BCUT2D eigenvalue weighted by Crippen LogP contribution is 2.09. The van der Waals surface area contributed by atoms with Crippen LogP contribution in [0, 0.1) is 0 Å². The first-order valence-corrected chi connectivity index (χ1v) is 6.89. The second-order valence-corrected chi connectivity index (χ2v) is 4.79. The predicted octanol–water partition coefficient (Wildman–Crippen LogP) is 0.929. The first-order valence-electron chi connectivity index (χ1n) is 6.89. The monoisotopic (exact) mass is 241 g/mol. The first kappa shape index (κ1) is 14.5. The molecule has 0 aromatic rings. The van der Waals surface area contributed by atoms with Gasteiger partial charge in [0.25, 0.3) is 0 Å². The molecule has 17 heavy (non-hydrogen) atoms. The first-order chi connectivity index (χ1) is 8.19. The van der Waals surface area contributed by atoms with Crippen LogP contribution in [0.2, 0.25) is 0 Å². The number of likely N-dealkylation sites (N-methyl/N-ethyl adjacent to an activating group) is 2. The van der Waals surface area contributed by atoms with Gasteiger partial charge in [0.2, 0.25) is 5.91 Å². The minimum absolute atomic E-state index is 0.0606. The van der Waals surface area contributed by atoms with Crippen molar-refractivity contribution in [3.05, 3.63) is 0 Å². The van der Waals surface area contributed by atoms with Crippen molar-refractivity contribution in [2.24, 2.45) is 0 Å². The Bertz CT molecular complexity index is 223. The van der Waals surface area contributed by atoms with Crippen molar-refractivity contribution in [1.29, 1.82) is 0 Å². The van der Waals surface area contributed by atoms with Gasteiger partial charge in [0.15, 0.2) is 0 Å². The number of rotatable bonds is 6. The van der Waals surface area contributed by atoms with Crippen molar-refractivity contribution in [3.63, 3.8) is 0 Å². The van der Waals surface area contributed by atoms with Crippen molar-refractivity contribution < 1.29 is 4.79 Å². The van der Waals surface area contributed by atoms with E-state index in [1.807, 2.05) is 11.9 Å². The molecule has 1 rings (SSSR count). The van der Waals surface area contributed by atoms with Crippen LogP contribution in [0.1, 0.15) is 33.1 Å². The minimum Gasteiger partial charge on any atom is -0.343 e. The number of nitrogens with one attached hydrogen (secondary N) is 1. The molecule has 100 valence electrons. The van der Waals surface area contributed by atoms with Gasteiger partial charge in [0.05, 0.1) is 6.04 Å². The summed E-state index contributed by atoms with van der Waals surface area (Å²) >= 11 is 0. The van der Waals surface area contributed by atoms with Crippen LogP contribution >= 0.6 is 0 Å². The largest absolute Gasteiger partial charge is 0.343 e. The van der Waals surface area contributed by atoms with E-state index in [0.29, 0.717) is 0 Å². The molecule has 0 aliphatic carbocycles. The Labute approximate surface area is 105 Å². The van der Waals surface area contributed by atoms with Crippen LogP contribution in [0.15, 0.2) is 0 Å². The third-order valence-corrected chi connectivity index (χ3v) is 3.63. The molecule has 1 heterocycles. The Morgan fingerprint density at radius 3 is 2.47 bits per heavy atom. The fourth-order valence-corrected chi connectivity index (χ4v) is 2.27. The predicted molar refractivity (Wildman–Crippen MR) is 71.1 cm³/mol. The standard InChI is InChI=1S/C13H27N3O/c1-4-16(5-2)11-10-15(3)13(17)12-8-6-7-9-14-12/h12,14H,4-11H2,1-3H3/t12-/m0/s1. The van der Waals surface area contributed by atoms with Gasteiger partial charge in [0.1, 0.15) is 0 Å². The summed E-state index contributed by atoms with van der Waals surface area (Å²) in [5, 5.41) is 3.31. The summed E-state index contributed by atoms with van der Waals surface area (Å²) in [4.78, 5) is 16.4.